The van der Waals surface area contributed by atoms with Gasteiger partial charge in [0.2, 0.25) is 5.91 Å². The molecule has 2 aromatic heterocycles. The summed E-state index contributed by atoms with van der Waals surface area (Å²) >= 11 is 0. The molecule has 3 rings (SSSR count). The van der Waals surface area contributed by atoms with Gasteiger partial charge < -0.3 is 10.1 Å². The van der Waals surface area contributed by atoms with Gasteiger partial charge in [0.25, 0.3) is 0 Å². The average Bonchev–Trinajstić information content (AvgIpc) is 2.97. The smallest absolute Gasteiger partial charge is 0.230 e. The highest BCUT2D eigenvalue weighted by atomic mass is 35.5. The summed E-state index contributed by atoms with van der Waals surface area (Å²) in [5, 5.41) is 8.05. The first-order valence-corrected chi connectivity index (χ1v) is 8.23. The number of halogens is 1. The van der Waals surface area contributed by atoms with Gasteiger partial charge in [-0.1, -0.05) is 20.8 Å². The van der Waals surface area contributed by atoms with E-state index in [1.54, 1.807) is 6.20 Å². The SMILES string of the molecule is CC(C)(C)C(=O)Nc1ncnc2c1cnn2CCN1CCOCC1.Cl. The predicted molar refractivity (Wildman–Crippen MR) is 97.9 cm³/mol. The van der Waals surface area contributed by atoms with Gasteiger partial charge in [0.05, 0.1) is 31.3 Å². The molecule has 0 bridgehead atoms. The highest BCUT2D eigenvalue weighted by molar-refractivity contribution is 6.00. The van der Waals surface area contributed by atoms with Crippen molar-refractivity contribution in [1.82, 2.24) is 24.6 Å². The van der Waals surface area contributed by atoms with Gasteiger partial charge in [-0.25, -0.2) is 14.6 Å². The first kappa shape index (κ1) is 19.6. The molecule has 0 unspecified atom stereocenters. The number of anilines is 1. The summed E-state index contributed by atoms with van der Waals surface area (Å²) in [5.74, 6) is 0.432. The lowest BCUT2D eigenvalue weighted by atomic mass is 9.96. The second kappa shape index (κ2) is 8.07. The third-order valence-electron chi connectivity index (χ3n) is 4.08. The quantitative estimate of drug-likeness (QED) is 0.881. The Morgan fingerprint density at radius 2 is 1.96 bits per heavy atom. The Morgan fingerprint density at radius 3 is 2.64 bits per heavy atom. The van der Waals surface area contributed by atoms with E-state index in [-0.39, 0.29) is 18.3 Å². The molecule has 25 heavy (non-hydrogen) atoms. The summed E-state index contributed by atoms with van der Waals surface area (Å²) in [6.07, 6.45) is 3.18. The number of nitrogens with one attached hydrogen (secondary N) is 1. The predicted octanol–water partition coefficient (Wildman–Crippen LogP) is 1.56. The number of nitrogens with zero attached hydrogens (tertiary/aromatic N) is 5. The molecule has 1 saturated heterocycles. The van der Waals surface area contributed by atoms with Crippen molar-refractivity contribution < 1.29 is 9.53 Å². The number of carbonyl (C=O) groups is 1. The van der Waals surface area contributed by atoms with Crippen molar-refractivity contribution in [3.63, 3.8) is 0 Å². The summed E-state index contributed by atoms with van der Waals surface area (Å²) in [5.41, 5.74) is 0.256. The Hall–Kier alpha value is -1.77. The maximum absolute atomic E-state index is 12.2. The molecule has 0 atom stereocenters. The molecule has 1 N–H and O–H groups in total. The van der Waals surface area contributed by atoms with Gasteiger partial charge >= 0.3 is 0 Å². The minimum atomic E-state index is -0.483. The highest BCUT2D eigenvalue weighted by Crippen LogP contribution is 2.22. The number of amides is 1. The van der Waals surface area contributed by atoms with Crippen molar-refractivity contribution in [3.8, 4) is 0 Å². The molecule has 0 radical (unpaired) electrons. The Morgan fingerprint density at radius 1 is 1.24 bits per heavy atom. The largest absolute Gasteiger partial charge is 0.379 e. The summed E-state index contributed by atoms with van der Waals surface area (Å²) in [6.45, 7) is 10.7. The lowest BCUT2D eigenvalue weighted by Crippen LogP contribution is -2.38. The Bertz CT molecular complexity index is 721. The summed E-state index contributed by atoms with van der Waals surface area (Å²) < 4.78 is 7.22. The summed E-state index contributed by atoms with van der Waals surface area (Å²) in [7, 11) is 0. The van der Waals surface area contributed by atoms with Crippen LogP contribution in [0.3, 0.4) is 0 Å². The topological polar surface area (TPSA) is 85.2 Å². The Kier molecular flexibility index (Phi) is 6.31. The van der Waals surface area contributed by atoms with Crippen molar-refractivity contribution in [2.75, 3.05) is 38.2 Å². The number of morpholine rings is 1. The van der Waals surface area contributed by atoms with Crippen molar-refractivity contribution in [2.24, 2.45) is 5.41 Å². The van der Waals surface area contributed by atoms with Gasteiger partial charge in [0, 0.05) is 25.0 Å². The summed E-state index contributed by atoms with van der Waals surface area (Å²) in [4.78, 5) is 23.1. The molecular formula is C16H25ClN6O2. The van der Waals surface area contributed by atoms with E-state index in [0.717, 1.165) is 50.4 Å². The zero-order valence-electron chi connectivity index (χ0n) is 14.9. The van der Waals surface area contributed by atoms with Crippen LogP contribution in [0.25, 0.3) is 11.0 Å². The number of aromatic nitrogens is 4. The van der Waals surface area contributed by atoms with E-state index in [2.05, 4.69) is 25.3 Å². The molecule has 1 fully saturated rings. The van der Waals surface area contributed by atoms with Gasteiger partial charge in [-0.3, -0.25) is 9.69 Å². The fourth-order valence-corrected chi connectivity index (χ4v) is 2.51. The van der Waals surface area contributed by atoms with Gasteiger partial charge in [0.15, 0.2) is 5.65 Å². The number of hydrogen-bond donors (Lipinski definition) is 1. The summed E-state index contributed by atoms with van der Waals surface area (Å²) in [6, 6.07) is 0. The van der Waals surface area contributed by atoms with Gasteiger partial charge in [-0.05, 0) is 0 Å². The normalized spacial score (nSPS) is 15.8. The number of ether oxygens (including phenoxy) is 1. The van der Waals surface area contributed by atoms with E-state index in [1.165, 1.54) is 6.33 Å². The molecule has 0 saturated carbocycles. The van der Waals surface area contributed by atoms with Crippen LogP contribution in [0.15, 0.2) is 12.5 Å². The van der Waals surface area contributed by atoms with E-state index < -0.39 is 5.41 Å². The van der Waals surface area contributed by atoms with E-state index in [9.17, 15) is 4.79 Å². The lowest BCUT2D eigenvalue weighted by molar-refractivity contribution is -0.123. The fourth-order valence-electron chi connectivity index (χ4n) is 2.51. The minimum absolute atomic E-state index is 0. The fraction of sp³-hybridized carbons (Fsp3) is 0.625. The van der Waals surface area contributed by atoms with Crippen molar-refractivity contribution >= 4 is 35.2 Å². The van der Waals surface area contributed by atoms with E-state index in [0.29, 0.717) is 5.82 Å². The van der Waals surface area contributed by atoms with Crippen LogP contribution in [0.5, 0.6) is 0 Å². The third-order valence-corrected chi connectivity index (χ3v) is 4.08. The Labute approximate surface area is 153 Å². The first-order chi connectivity index (χ1) is 11.4. The molecule has 3 heterocycles. The van der Waals surface area contributed by atoms with E-state index in [1.807, 2.05) is 25.5 Å². The highest BCUT2D eigenvalue weighted by Gasteiger charge is 2.23. The van der Waals surface area contributed by atoms with E-state index >= 15 is 0 Å². The molecular weight excluding hydrogens is 344 g/mol. The first-order valence-electron chi connectivity index (χ1n) is 8.23. The molecule has 9 heteroatoms. The van der Waals surface area contributed by atoms with E-state index in [4.69, 9.17) is 4.74 Å². The molecule has 1 amide bonds. The second-order valence-corrected chi connectivity index (χ2v) is 6.99. The van der Waals surface area contributed by atoms with Crippen LogP contribution in [0.4, 0.5) is 5.82 Å². The van der Waals surface area contributed by atoms with Crippen LogP contribution in [-0.4, -0.2) is 63.4 Å². The maximum atomic E-state index is 12.2. The third kappa shape index (κ3) is 4.65. The van der Waals surface area contributed by atoms with Crippen LogP contribution in [-0.2, 0) is 16.1 Å². The molecule has 0 aliphatic carbocycles. The number of hydrogen-bond acceptors (Lipinski definition) is 6. The van der Waals surface area contributed by atoms with Crippen molar-refractivity contribution in [3.05, 3.63) is 12.5 Å². The molecule has 0 aromatic carbocycles. The Balaban J connectivity index is 0.00000225. The van der Waals surface area contributed by atoms with Crippen LogP contribution < -0.4 is 5.32 Å². The zero-order chi connectivity index (χ0) is 17.2. The van der Waals surface area contributed by atoms with Gasteiger partial charge in [-0.15, -0.1) is 12.4 Å². The van der Waals surface area contributed by atoms with Gasteiger partial charge in [-0.2, -0.15) is 5.10 Å². The molecule has 0 spiro atoms. The van der Waals surface area contributed by atoms with Crippen LogP contribution in [0.1, 0.15) is 20.8 Å². The number of fused-ring (bicyclic) bond motifs is 1. The molecule has 2 aromatic rings. The lowest BCUT2D eigenvalue weighted by Gasteiger charge is -2.26. The molecule has 1 aliphatic heterocycles. The standard InChI is InChI=1S/C16H24N6O2.ClH/c1-16(2,3)15(23)20-13-12-10-19-22(14(12)18-11-17-13)5-4-21-6-8-24-9-7-21;/h10-11H,4-9H2,1-3H3,(H,17,18,20,23);1H. The monoisotopic (exact) mass is 368 g/mol. The average molecular weight is 369 g/mol. The van der Waals surface area contributed by atoms with Crippen molar-refractivity contribution in [2.45, 2.75) is 27.3 Å². The van der Waals surface area contributed by atoms with Crippen LogP contribution in [0.2, 0.25) is 0 Å². The van der Waals surface area contributed by atoms with Crippen molar-refractivity contribution in [1.29, 1.82) is 0 Å². The molecule has 138 valence electrons. The number of rotatable bonds is 4. The molecule has 8 nitrogen and oxygen atoms in total. The molecule has 1 aliphatic rings. The zero-order valence-corrected chi connectivity index (χ0v) is 15.7. The van der Waals surface area contributed by atoms with Gasteiger partial charge in [0.1, 0.15) is 12.1 Å². The minimum Gasteiger partial charge on any atom is -0.379 e. The van der Waals surface area contributed by atoms with Crippen LogP contribution in [0, 0.1) is 5.41 Å². The second-order valence-electron chi connectivity index (χ2n) is 6.99. The maximum Gasteiger partial charge on any atom is 0.230 e. The number of carbonyl (C=O) groups excluding carboxylic acids is 1. The van der Waals surface area contributed by atoms with Crippen LogP contribution >= 0.6 is 12.4 Å².